The molecule has 2 nitrogen and oxygen atoms in total. The number of fused-ring (bicyclic) bond motifs is 1. The minimum Gasteiger partial charge on any atom is -0.340 e. The number of carbonyl (C=O) groups is 1. The van der Waals surface area contributed by atoms with Crippen LogP contribution in [0.4, 0.5) is 0 Å². The third-order valence-electron chi connectivity index (χ3n) is 2.85. The zero-order valence-corrected chi connectivity index (χ0v) is 11.9. The van der Waals surface area contributed by atoms with E-state index in [2.05, 4.69) is 15.9 Å². The molecule has 0 aliphatic carbocycles. The van der Waals surface area contributed by atoms with Gasteiger partial charge in [-0.1, -0.05) is 28.1 Å². The topological polar surface area (TPSA) is 22.0 Å². The summed E-state index contributed by atoms with van der Waals surface area (Å²) in [4.78, 5) is 12.9. The van der Waals surface area contributed by atoms with E-state index < -0.39 is 0 Å². The van der Waals surface area contributed by atoms with Crippen LogP contribution in [0.15, 0.2) is 52.4 Å². The molecule has 90 valence electrons. The maximum Gasteiger partial charge on any atom is 0.192 e. The molecule has 0 radical (unpaired) electrons. The van der Waals surface area contributed by atoms with Crippen molar-refractivity contribution >= 4 is 44.0 Å². The van der Waals surface area contributed by atoms with Gasteiger partial charge in [-0.15, -0.1) is 11.3 Å². The highest BCUT2D eigenvalue weighted by molar-refractivity contribution is 9.10. The normalized spacial score (nSPS) is 10.9. The van der Waals surface area contributed by atoms with Gasteiger partial charge in [0.15, 0.2) is 5.78 Å². The van der Waals surface area contributed by atoms with Gasteiger partial charge in [-0.2, -0.15) is 0 Å². The molecule has 0 aliphatic heterocycles. The van der Waals surface area contributed by atoms with Crippen molar-refractivity contribution < 1.29 is 4.79 Å². The first kappa shape index (κ1) is 11.7. The first-order valence-corrected chi connectivity index (χ1v) is 7.22. The Kier molecular flexibility index (Phi) is 3.06. The van der Waals surface area contributed by atoms with E-state index >= 15 is 0 Å². The molecule has 3 aromatic rings. The highest BCUT2D eigenvalue weighted by Gasteiger charge is 2.09. The van der Waals surface area contributed by atoms with Gasteiger partial charge in [-0.05, 0) is 35.0 Å². The first-order chi connectivity index (χ1) is 8.74. The summed E-state index contributed by atoms with van der Waals surface area (Å²) < 4.78 is 3.01. The van der Waals surface area contributed by atoms with Gasteiger partial charge in [-0.3, -0.25) is 4.79 Å². The maximum absolute atomic E-state index is 12.1. The van der Waals surface area contributed by atoms with Gasteiger partial charge < -0.3 is 4.57 Å². The molecule has 0 saturated carbocycles. The van der Waals surface area contributed by atoms with Crippen LogP contribution in [0, 0.1) is 0 Å². The molecule has 0 bridgehead atoms. The molecule has 0 aliphatic rings. The highest BCUT2D eigenvalue weighted by atomic mass is 79.9. The van der Waals surface area contributed by atoms with E-state index in [1.165, 1.54) is 11.3 Å². The van der Waals surface area contributed by atoms with Crippen molar-refractivity contribution in [2.24, 2.45) is 0 Å². The average Bonchev–Trinajstić information content (AvgIpc) is 2.99. The third kappa shape index (κ3) is 2.13. The predicted molar refractivity (Wildman–Crippen MR) is 78.3 cm³/mol. The Balaban J connectivity index is 1.95. The lowest BCUT2D eigenvalue weighted by Crippen LogP contribution is -2.07. The zero-order chi connectivity index (χ0) is 12.5. The van der Waals surface area contributed by atoms with Crippen LogP contribution in [0.2, 0.25) is 0 Å². The van der Waals surface area contributed by atoms with Crippen molar-refractivity contribution in [1.82, 2.24) is 4.57 Å². The maximum atomic E-state index is 12.1. The Morgan fingerprint density at radius 1 is 1.28 bits per heavy atom. The van der Waals surface area contributed by atoms with E-state index in [0.29, 0.717) is 6.54 Å². The monoisotopic (exact) mass is 319 g/mol. The van der Waals surface area contributed by atoms with Crippen LogP contribution >= 0.6 is 27.3 Å². The molecule has 0 N–H and O–H groups in total. The van der Waals surface area contributed by atoms with E-state index in [-0.39, 0.29) is 5.78 Å². The molecule has 0 saturated heterocycles. The van der Waals surface area contributed by atoms with E-state index in [9.17, 15) is 4.79 Å². The van der Waals surface area contributed by atoms with Crippen LogP contribution in [0.25, 0.3) is 10.9 Å². The van der Waals surface area contributed by atoms with Gasteiger partial charge in [0.2, 0.25) is 0 Å². The molecule has 2 heterocycles. The Labute approximate surface area is 117 Å². The smallest absolute Gasteiger partial charge is 0.192 e. The molecule has 3 rings (SSSR count). The largest absolute Gasteiger partial charge is 0.340 e. The van der Waals surface area contributed by atoms with Crippen molar-refractivity contribution in [3.8, 4) is 0 Å². The van der Waals surface area contributed by atoms with Gasteiger partial charge in [0.25, 0.3) is 0 Å². The molecular formula is C14H10BrNOS. The number of nitrogens with zero attached hydrogens (tertiary/aromatic N) is 1. The van der Waals surface area contributed by atoms with Crippen molar-refractivity contribution in [3.05, 3.63) is 57.3 Å². The van der Waals surface area contributed by atoms with Gasteiger partial charge in [0.1, 0.15) is 0 Å². The molecule has 1 aromatic carbocycles. The Hall–Kier alpha value is -1.39. The number of carbonyl (C=O) groups excluding carboxylic acids is 1. The Bertz CT molecular complexity index is 700. The van der Waals surface area contributed by atoms with Crippen LogP contribution in [-0.2, 0) is 6.54 Å². The zero-order valence-electron chi connectivity index (χ0n) is 9.47. The molecule has 18 heavy (non-hydrogen) atoms. The van der Waals surface area contributed by atoms with Crippen molar-refractivity contribution in [3.63, 3.8) is 0 Å². The minimum atomic E-state index is 0.155. The lowest BCUT2D eigenvalue weighted by molar-refractivity contribution is 0.0977. The van der Waals surface area contributed by atoms with Crippen LogP contribution in [-0.4, -0.2) is 10.4 Å². The van der Waals surface area contributed by atoms with E-state index in [0.717, 1.165) is 20.3 Å². The van der Waals surface area contributed by atoms with Gasteiger partial charge in [0.05, 0.1) is 11.4 Å². The van der Waals surface area contributed by atoms with Crippen LogP contribution < -0.4 is 0 Å². The highest BCUT2D eigenvalue weighted by Crippen LogP contribution is 2.21. The molecule has 2 aromatic heterocycles. The van der Waals surface area contributed by atoms with Crippen LogP contribution in [0.1, 0.15) is 9.67 Å². The van der Waals surface area contributed by atoms with Gasteiger partial charge in [0, 0.05) is 16.2 Å². The number of ketones is 1. The Morgan fingerprint density at radius 2 is 2.17 bits per heavy atom. The summed E-state index contributed by atoms with van der Waals surface area (Å²) in [7, 11) is 0. The lowest BCUT2D eigenvalue weighted by atomic mass is 10.2. The fourth-order valence-electron chi connectivity index (χ4n) is 1.96. The molecule has 0 amide bonds. The number of aromatic nitrogens is 1. The fourth-order valence-corrected chi connectivity index (χ4v) is 2.97. The number of benzene rings is 1. The molecule has 0 unspecified atom stereocenters. The van der Waals surface area contributed by atoms with Gasteiger partial charge >= 0.3 is 0 Å². The predicted octanol–water partition coefficient (Wildman–Crippen LogP) is 4.35. The summed E-state index contributed by atoms with van der Waals surface area (Å²) in [5, 5.41) is 3.08. The summed E-state index contributed by atoms with van der Waals surface area (Å²) in [6.07, 6.45) is 1.96. The summed E-state index contributed by atoms with van der Waals surface area (Å²) in [6.45, 7) is 0.389. The SMILES string of the molecule is O=C(Cn1ccc2ccc(Br)cc21)c1cccs1. The first-order valence-electron chi connectivity index (χ1n) is 5.55. The standard InChI is InChI=1S/C14H10BrNOS/c15-11-4-3-10-5-6-16(12(10)8-11)9-13(17)14-2-1-7-18-14/h1-8H,9H2. The second kappa shape index (κ2) is 4.71. The Morgan fingerprint density at radius 3 is 2.94 bits per heavy atom. The number of thiophene rings is 1. The van der Waals surface area contributed by atoms with Gasteiger partial charge in [-0.25, -0.2) is 0 Å². The number of rotatable bonds is 3. The van der Waals surface area contributed by atoms with Crippen molar-refractivity contribution in [2.75, 3.05) is 0 Å². The minimum absolute atomic E-state index is 0.155. The van der Waals surface area contributed by atoms with E-state index in [1.807, 2.05) is 52.5 Å². The summed E-state index contributed by atoms with van der Waals surface area (Å²) in [6, 6.07) is 11.9. The molecule has 4 heteroatoms. The van der Waals surface area contributed by atoms with E-state index in [4.69, 9.17) is 0 Å². The van der Waals surface area contributed by atoms with Crippen molar-refractivity contribution in [2.45, 2.75) is 6.54 Å². The molecule has 0 fully saturated rings. The van der Waals surface area contributed by atoms with Crippen LogP contribution in [0.5, 0.6) is 0 Å². The fraction of sp³-hybridized carbons (Fsp3) is 0.0714. The third-order valence-corrected chi connectivity index (χ3v) is 4.25. The number of Topliss-reactive ketones (excluding diaryl/α,β-unsaturated/α-hetero) is 1. The summed E-state index contributed by atoms with van der Waals surface area (Å²) in [5.74, 6) is 0.155. The second-order valence-corrected chi connectivity index (χ2v) is 5.91. The summed E-state index contributed by atoms with van der Waals surface area (Å²) >= 11 is 4.95. The number of hydrogen-bond acceptors (Lipinski definition) is 2. The quantitative estimate of drug-likeness (QED) is 0.658. The molecule has 0 spiro atoms. The average molecular weight is 320 g/mol. The number of hydrogen-bond donors (Lipinski definition) is 0. The van der Waals surface area contributed by atoms with Crippen LogP contribution in [0.3, 0.4) is 0 Å². The number of halogens is 1. The van der Waals surface area contributed by atoms with Crippen molar-refractivity contribution in [1.29, 1.82) is 0 Å². The molecule has 0 atom stereocenters. The lowest BCUT2D eigenvalue weighted by Gasteiger charge is -2.03. The summed E-state index contributed by atoms with van der Waals surface area (Å²) in [5.41, 5.74) is 1.08. The second-order valence-electron chi connectivity index (χ2n) is 4.05. The van der Waals surface area contributed by atoms with E-state index in [1.54, 1.807) is 0 Å². The molecular weight excluding hydrogens is 310 g/mol.